The summed E-state index contributed by atoms with van der Waals surface area (Å²) in [7, 11) is 0. The van der Waals surface area contributed by atoms with Crippen molar-refractivity contribution in [2.24, 2.45) is 0 Å². The van der Waals surface area contributed by atoms with Crippen LogP contribution in [0.5, 0.6) is 17.2 Å². The van der Waals surface area contributed by atoms with Crippen LogP contribution in [0, 0.1) is 6.92 Å². The SMILES string of the molecule is CCOC(=O)C(C)Oc1ccc2c(c1C)O/C(=C\c1cc(Cl)cc3c1OCOC3)C2=O. The van der Waals surface area contributed by atoms with E-state index < -0.39 is 12.1 Å². The predicted molar refractivity (Wildman–Crippen MR) is 113 cm³/mol. The molecule has 0 saturated heterocycles. The maximum Gasteiger partial charge on any atom is 0.347 e. The van der Waals surface area contributed by atoms with Crippen LogP contribution in [0.4, 0.5) is 0 Å². The minimum absolute atomic E-state index is 0.123. The van der Waals surface area contributed by atoms with E-state index in [0.717, 1.165) is 5.56 Å². The summed E-state index contributed by atoms with van der Waals surface area (Å²) in [5.74, 6) is 0.866. The van der Waals surface area contributed by atoms with E-state index in [1.165, 1.54) is 0 Å². The molecule has 2 aromatic rings. The van der Waals surface area contributed by atoms with Gasteiger partial charge in [0.25, 0.3) is 0 Å². The number of halogens is 1. The number of allylic oxidation sites excluding steroid dienone is 1. The molecule has 0 N–H and O–H groups in total. The monoisotopic (exact) mass is 444 g/mol. The highest BCUT2D eigenvalue weighted by atomic mass is 35.5. The highest BCUT2D eigenvalue weighted by Gasteiger charge is 2.31. The minimum atomic E-state index is -0.791. The van der Waals surface area contributed by atoms with E-state index in [9.17, 15) is 9.59 Å². The Morgan fingerprint density at radius 1 is 1.29 bits per heavy atom. The van der Waals surface area contributed by atoms with Gasteiger partial charge in [-0.05, 0) is 51.1 Å². The van der Waals surface area contributed by atoms with Gasteiger partial charge < -0.3 is 23.7 Å². The molecule has 2 heterocycles. The molecule has 1 atom stereocenters. The summed E-state index contributed by atoms with van der Waals surface area (Å²) >= 11 is 6.21. The summed E-state index contributed by atoms with van der Waals surface area (Å²) in [6, 6.07) is 6.75. The van der Waals surface area contributed by atoms with Gasteiger partial charge in [-0.1, -0.05) is 11.6 Å². The van der Waals surface area contributed by atoms with Crippen LogP contribution < -0.4 is 14.2 Å². The summed E-state index contributed by atoms with van der Waals surface area (Å²) in [5, 5.41) is 0.502. The third-order valence-electron chi connectivity index (χ3n) is 4.95. The smallest absolute Gasteiger partial charge is 0.347 e. The molecule has 2 aliphatic heterocycles. The number of ether oxygens (including phenoxy) is 5. The lowest BCUT2D eigenvalue weighted by Gasteiger charge is -2.20. The Morgan fingerprint density at radius 3 is 2.87 bits per heavy atom. The fourth-order valence-electron chi connectivity index (χ4n) is 3.45. The first-order chi connectivity index (χ1) is 14.9. The van der Waals surface area contributed by atoms with Crippen LogP contribution in [0.3, 0.4) is 0 Å². The molecule has 1 unspecified atom stereocenters. The number of ketones is 1. The quantitative estimate of drug-likeness (QED) is 0.497. The largest absolute Gasteiger partial charge is 0.479 e. The molecular weight excluding hydrogens is 424 g/mol. The van der Waals surface area contributed by atoms with E-state index in [0.29, 0.717) is 45.6 Å². The van der Waals surface area contributed by atoms with Gasteiger partial charge in [0.2, 0.25) is 5.78 Å². The van der Waals surface area contributed by atoms with Gasteiger partial charge in [0, 0.05) is 21.7 Å². The lowest BCUT2D eigenvalue weighted by atomic mass is 10.0. The first kappa shape index (κ1) is 21.2. The Hall–Kier alpha value is -3.03. The Bertz CT molecular complexity index is 1090. The van der Waals surface area contributed by atoms with Gasteiger partial charge in [0.15, 0.2) is 18.7 Å². The fourth-order valence-corrected chi connectivity index (χ4v) is 3.70. The lowest BCUT2D eigenvalue weighted by Crippen LogP contribution is -2.26. The molecule has 0 fully saturated rings. The average molecular weight is 445 g/mol. The van der Waals surface area contributed by atoms with E-state index >= 15 is 0 Å². The molecule has 0 aromatic heterocycles. The first-order valence-corrected chi connectivity index (χ1v) is 10.2. The van der Waals surface area contributed by atoms with E-state index in [4.69, 9.17) is 35.3 Å². The average Bonchev–Trinajstić information content (AvgIpc) is 3.06. The van der Waals surface area contributed by atoms with Crippen LogP contribution in [-0.4, -0.2) is 31.3 Å². The molecule has 0 saturated carbocycles. The molecule has 7 nitrogen and oxygen atoms in total. The van der Waals surface area contributed by atoms with Gasteiger partial charge in [-0.15, -0.1) is 0 Å². The van der Waals surface area contributed by atoms with Crippen molar-refractivity contribution in [1.29, 1.82) is 0 Å². The lowest BCUT2D eigenvalue weighted by molar-refractivity contribution is -0.150. The maximum atomic E-state index is 12.9. The van der Waals surface area contributed by atoms with E-state index in [-0.39, 0.29) is 24.9 Å². The second-order valence-corrected chi connectivity index (χ2v) is 7.55. The number of carbonyl (C=O) groups is 2. The molecule has 0 amide bonds. The number of Topliss-reactive ketones (excluding diaryl/α,β-unsaturated/α-hetero) is 1. The van der Waals surface area contributed by atoms with Gasteiger partial charge in [0.1, 0.15) is 17.2 Å². The summed E-state index contributed by atoms with van der Waals surface area (Å²) in [6.45, 7) is 5.87. The zero-order chi connectivity index (χ0) is 22.1. The molecule has 8 heteroatoms. The number of hydrogen-bond acceptors (Lipinski definition) is 7. The predicted octanol–water partition coefficient (Wildman–Crippen LogP) is 4.46. The standard InChI is InChI=1S/C23H21ClO7/c1-4-28-23(26)13(3)30-18-6-5-17-20(25)19(31-21(17)12(18)2)9-14-7-16(24)8-15-10-27-11-29-22(14)15/h5-9,13H,4,10-11H2,1-3H3/b19-9-. The molecule has 0 spiro atoms. The summed E-state index contributed by atoms with van der Waals surface area (Å²) in [5.41, 5.74) is 2.46. The van der Waals surface area contributed by atoms with Crippen molar-refractivity contribution in [1.82, 2.24) is 0 Å². The van der Waals surface area contributed by atoms with Crippen molar-refractivity contribution in [2.45, 2.75) is 33.5 Å². The summed E-state index contributed by atoms with van der Waals surface area (Å²) < 4.78 is 27.5. The van der Waals surface area contributed by atoms with Gasteiger partial charge in [0.05, 0.1) is 18.8 Å². The molecule has 4 rings (SSSR count). The highest BCUT2D eigenvalue weighted by Crippen LogP contribution is 2.41. The Morgan fingerprint density at radius 2 is 2.10 bits per heavy atom. The third-order valence-corrected chi connectivity index (χ3v) is 5.17. The topological polar surface area (TPSA) is 80.3 Å². The van der Waals surface area contributed by atoms with Crippen LogP contribution in [-0.2, 0) is 20.9 Å². The van der Waals surface area contributed by atoms with Crippen LogP contribution in [0.15, 0.2) is 30.0 Å². The van der Waals surface area contributed by atoms with Crippen LogP contribution >= 0.6 is 11.6 Å². The zero-order valence-corrected chi connectivity index (χ0v) is 18.1. The first-order valence-electron chi connectivity index (χ1n) is 9.83. The van der Waals surface area contributed by atoms with Crippen molar-refractivity contribution in [2.75, 3.05) is 13.4 Å². The summed E-state index contributed by atoms with van der Waals surface area (Å²) in [6.07, 6.45) is 0.820. The Kier molecular flexibility index (Phi) is 5.89. The van der Waals surface area contributed by atoms with Crippen molar-refractivity contribution in [3.05, 3.63) is 57.3 Å². The number of rotatable bonds is 5. The van der Waals surface area contributed by atoms with Gasteiger partial charge in [-0.2, -0.15) is 0 Å². The fraction of sp³-hybridized carbons (Fsp3) is 0.304. The Labute approximate surface area is 184 Å². The van der Waals surface area contributed by atoms with E-state index in [2.05, 4.69) is 0 Å². The second-order valence-electron chi connectivity index (χ2n) is 7.11. The van der Waals surface area contributed by atoms with E-state index in [1.54, 1.807) is 51.1 Å². The van der Waals surface area contributed by atoms with Gasteiger partial charge >= 0.3 is 5.97 Å². The molecule has 162 valence electrons. The second kappa shape index (κ2) is 8.61. The molecule has 2 aliphatic rings. The number of carbonyl (C=O) groups excluding carboxylic acids is 2. The van der Waals surface area contributed by atoms with Crippen LogP contribution in [0.1, 0.15) is 40.9 Å². The van der Waals surface area contributed by atoms with Crippen molar-refractivity contribution in [3.8, 4) is 17.2 Å². The van der Waals surface area contributed by atoms with Gasteiger partial charge in [-0.25, -0.2) is 4.79 Å². The number of fused-ring (bicyclic) bond motifs is 2. The van der Waals surface area contributed by atoms with Crippen molar-refractivity contribution >= 4 is 29.4 Å². The third kappa shape index (κ3) is 4.11. The minimum Gasteiger partial charge on any atom is -0.479 e. The summed E-state index contributed by atoms with van der Waals surface area (Å²) in [4.78, 5) is 24.8. The molecule has 31 heavy (non-hydrogen) atoms. The molecule has 0 bridgehead atoms. The Balaban J connectivity index is 1.64. The van der Waals surface area contributed by atoms with Crippen LogP contribution in [0.2, 0.25) is 5.02 Å². The van der Waals surface area contributed by atoms with Crippen molar-refractivity contribution < 1.29 is 33.3 Å². The van der Waals surface area contributed by atoms with Gasteiger partial charge in [-0.3, -0.25) is 4.79 Å². The number of hydrogen-bond donors (Lipinski definition) is 0. The molecule has 0 radical (unpaired) electrons. The van der Waals surface area contributed by atoms with Crippen LogP contribution in [0.25, 0.3) is 6.08 Å². The normalized spacial score (nSPS) is 16.8. The highest BCUT2D eigenvalue weighted by molar-refractivity contribution is 6.31. The maximum absolute atomic E-state index is 12.9. The molecular formula is C23H21ClO7. The number of benzene rings is 2. The van der Waals surface area contributed by atoms with Crippen molar-refractivity contribution in [3.63, 3.8) is 0 Å². The number of esters is 1. The molecule has 0 aliphatic carbocycles. The molecule has 2 aromatic carbocycles. The zero-order valence-electron chi connectivity index (χ0n) is 17.3. The van der Waals surface area contributed by atoms with E-state index in [1.807, 2.05) is 0 Å².